The van der Waals surface area contributed by atoms with Gasteiger partial charge in [-0.05, 0) is 40.0 Å². The number of alkyl carbamates (subject to hydrolysis) is 1. The Morgan fingerprint density at radius 3 is 2.50 bits per heavy atom. The van der Waals surface area contributed by atoms with Gasteiger partial charge in [-0.1, -0.05) is 0 Å². The Labute approximate surface area is 142 Å². The van der Waals surface area contributed by atoms with Crippen LogP contribution in [0.3, 0.4) is 0 Å². The lowest BCUT2D eigenvalue weighted by atomic mass is 10.1. The third-order valence-electron chi connectivity index (χ3n) is 3.64. The summed E-state index contributed by atoms with van der Waals surface area (Å²) in [6.07, 6.45) is 0.713. The maximum Gasteiger partial charge on any atom is 0.408 e. The van der Waals surface area contributed by atoms with Gasteiger partial charge in [-0.15, -0.1) is 0 Å². The molecule has 0 radical (unpaired) electrons. The van der Waals surface area contributed by atoms with Crippen molar-refractivity contribution in [3.8, 4) is 0 Å². The lowest BCUT2D eigenvalue weighted by molar-refractivity contribution is -0.128. The van der Waals surface area contributed by atoms with Gasteiger partial charge >= 0.3 is 6.09 Å². The zero-order chi connectivity index (χ0) is 18.3. The molecule has 2 atom stereocenters. The normalized spacial score (nSPS) is 18.9. The maximum absolute atomic E-state index is 12.4. The Bertz CT molecular complexity index is 461. The molecule has 1 saturated heterocycles. The number of ether oxygens (including phenoxy) is 1. The highest BCUT2D eigenvalue weighted by Gasteiger charge is 2.29. The maximum atomic E-state index is 12.4. The number of nitrogens with zero attached hydrogens (tertiary/aromatic N) is 1. The summed E-state index contributed by atoms with van der Waals surface area (Å²) in [5.41, 5.74) is -0.657. The third-order valence-corrected chi connectivity index (χ3v) is 3.64. The Kier molecular flexibility index (Phi) is 7.47. The second-order valence-electron chi connectivity index (χ2n) is 7.02. The van der Waals surface area contributed by atoms with Gasteiger partial charge < -0.3 is 25.4 Å². The van der Waals surface area contributed by atoms with Gasteiger partial charge in [0.15, 0.2) is 0 Å². The quantitative estimate of drug-likeness (QED) is 0.646. The van der Waals surface area contributed by atoms with Crippen molar-refractivity contribution < 1.29 is 24.2 Å². The number of carbonyl (C=O) groups is 3. The summed E-state index contributed by atoms with van der Waals surface area (Å²) in [5.74, 6) is -0.347. The molecule has 0 aromatic heterocycles. The summed E-state index contributed by atoms with van der Waals surface area (Å²) >= 11 is 0. The molecule has 1 aliphatic rings. The number of likely N-dealkylation sites (tertiary alicyclic amines) is 1. The average Bonchev–Trinajstić information content (AvgIpc) is 2.90. The molecule has 138 valence electrons. The van der Waals surface area contributed by atoms with E-state index in [2.05, 4.69) is 10.6 Å². The fraction of sp³-hybridized carbons (Fsp3) is 0.812. The first-order valence-corrected chi connectivity index (χ1v) is 8.28. The highest BCUT2D eigenvalue weighted by Crippen LogP contribution is 2.11. The van der Waals surface area contributed by atoms with Crippen molar-refractivity contribution in [1.29, 1.82) is 0 Å². The minimum atomic E-state index is -0.779. The van der Waals surface area contributed by atoms with E-state index in [0.29, 0.717) is 32.4 Å². The van der Waals surface area contributed by atoms with E-state index >= 15 is 0 Å². The number of hydrogen-bond acceptors (Lipinski definition) is 5. The van der Waals surface area contributed by atoms with Gasteiger partial charge in [-0.3, -0.25) is 9.59 Å². The number of nitrogens with one attached hydrogen (secondary N) is 2. The number of carbonyl (C=O) groups excluding carboxylic acids is 3. The molecule has 1 fully saturated rings. The molecule has 1 aliphatic heterocycles. The van der Waals surface area contributed by atoms with Crippen LogP contribution in [0.5, 0.6) is 0 Å². The van der Waals surface area contributed by atoms with E-state index in [-0.39, 0.29) is 24.5 Å². The molecule has 3 amide bonds. The van der Waals surface area contributed by atoms with Gasteiger partial charge in [0.25, 0.3) is 0 Å². The van der Waals surface area contributed by atoms with E-state index < -0.39 is 17.7 Å². The topological polar surface area (TPSA) is 108 Å². The van der Waals surface area contributed by atoms with Crippen LogP contribution in [0.15, 0.2) is 0 Å². The lowest BCUT2D eigenvalue weighted by Gasteiger charge is -2.24. The summed E-state index contributed by atoms with van der Waals surface area (Å²) in [6, 6.07) is -0.906. The molecule has 0 unspecified atom stereocenters. The van der Waals surface area contributed by atoms with Crippen LogP contribution >= 0.6 is 0 Å². The zero-order valence-electron chi connectivity index (χ0n) is 14.9. The van der Waals surface area contributed by atoms with Crippen LogP contribution in [0.25, 0.3) is 0 Å². The summed E-state index contributed by atoms with van der Waals surface area (Å²) < 4.78 is 5.17. The van der Waals surface area contributed by atoms with Gasteiger partial charge in [0.2, 0.25) is 11.8 Å². The number of rotatable bonds is 6. The number of aliphatic hydroxyl groups is 1. The van der Waals surface area contributed by atoms with Gasteiger partial charge in [-0.25, -0.2) is 4.79 Å². The summed E-state index contributed by atoms with van der Waals surface area (Å²) in [7, 11) is 0. The molecule has 1 heterocycles. The van der Waals surface area contributed by atoms with E-state index in [1.807, 2.05) is 0 Å². The second-order valence-corrected chi connectivity index (χ2v) is 7.02. The van der Waals surface area contributed by atoms with Crippen LogP contribution in [0.1, 0.15) is 47.0 Å². The Morgan fingerprint density at radius 2 is 2.00 bits per heavy atom. The smallest absolute Gasteiger partial charge is 0.408 e. The average molecular weight is 343 g/mol. The molecular weight excluding hydrogens is 314 g/mol. The van der Waals surface area contributed by atoms with Crippen LogP contribution in [0.4, 0.5) is 4.79 Å². The Morgan fingerprint density at radius 1 is 1.33 bits per heavy atom. The van der Waals surface area contributed by atoms with Crippen LogP contribution in [0, 0.1) is 0 Å². The highest BCUT2D eigenvalue weighted by atomic mass is 16.6. The first-order valence-electron chi connectivity index (χ1n) is 8.28. The highest BCUT2D eigenvalue weighted by molar-refractivity contribution is 5.86. The van der Waals surface area contributed by atoms with Crippen molar-refractivity contribution in [1.82, 2.24) is 15.5 Å². The SMILES string of the molecule is CC(=O)N1CC[C@@H](NC(=O)[C@H](CCCO)NC(=O)OC(C)(C)C)C1. The Hall–Kier alpha value is -1.83. The summed E-state index contributed by atoms with van der Waals surface area (Å²) in [6.45, 7) is 7.74. The molecule has 0 saturated carbocycles. The molecule has 0 aromatic carbocycles. The molecule has 24 heavy (non-hydrogen) atoms. The molecule has 3 N–H and O–H groups in total. The fourth-order valence-corrected chi connectivity index (χ4v) is 2.48. The molecule has 8 nitrogen and oxygen atoms in total. The zero-order valence-corrected chi connectivity index (χ0v) is 14.9. The first-order chi connectivity index (χ1) is 11.1. The van der Waals surface area contributed by atoms with Crippen molar-refractivity contribution >= 4 is 17.9 Å². The summed E-state index contributed by atoms with van der Waals surface area (Å²) in [5, 5.41) is 14.4. The Balaban J connectivity index is 2.58. The number of aliphatic hydroxyl groups excluding tert-OH is 1. The molecule has 8 heteroatoms. The largest absolute Gasteiger partial charge is 0.444 e. The lowest BCUT2D eigenvalue weighted by Crippen LogP contribution is -2.51. The van der Waals surface area contributed by atoms with Crippen molar-refractivity contribution in [3.05, 3.63) is 0 Å². The van der Waals surface area contributed by atoms with Gasteiger partial charge in [0.1, 0.15) is 11.6 Å². The van der Waals surface area contributed by atoms with Gasteiger partial charge in [0, 0.05) is 32.7 Å². The van der Waals surface area contributed by atoms with Crippen molar-refractivity contribution in [3.63, 3.8) is 0 Å². The van der Waals surface area contributed by atoms with Crippen molar-refractivity contribution in [2.75, 3.05) is 19.7 Å². The van der Waals surface area contributed by atoms with Crippen LogP contribution in [-0.4, -0.2) is 65.3 Å². The molecule has 0 bridgehead atoms. The predicted molar refractivity (Wildman–Crippen MR) is 88.3 cm³/mol. The molecule has 0 aliphatic carbocycles. The first kappa shape index (κ1) is 20.2. The monoisotopic (exact) mass is 343 g/mol. The van der Waals surface area contributed by atoms with E-state index in [9.17, 15) is 14.4 Å². The minimum Gasteiger partial charge on any atom is -0.444 e. The summed E-state index contributed by atoms with van der Waals surface area (Å²) in [4.78, 5) is 37.3. The second kappa shape index (κ2) is 8.86. The predicted octanol–water partition coefficient (Wildman–Crippen LogP) is 0.389. The standard InChI is InChI=1S/C16H29N3O5/c1-11(21)19-8-7-12(10-19)17-14(22)13(6-5-9-20)18-15(23)24-16(2,3)4/h12-13,20H,5-10H2,1-4H3,(H,17,22)(H,18,23)/t12-,13+/m1/s1. The minimum absolute atomic E-state index is 0.0181. The van der Waals surface area contributed by atoms with Crippen molar-refractivity contribution in [2.24, 2.45) is 0 Å². The van der Waals surface area contributed by atoms with E-state index in [1.54, 1.807) is 25.7 Å². The molecule has 0 aromatic rings. The van der Waals surface area contributed by atoms with E-state index in [0.717, 1.165) is 0 Å². The van der Waals surface area contributed by atoms with Gasteiger partial charge in [0.05, 0.1) is 0 Å². The van der Waals surface area contributed by atoms with E-state index in [1.165, 1.54) is 6.92 Å². The van der Waals surface area contributed by atoms with Crippen molar-refractivity contribution in [2.45, 2.75) is 64.6 Å². The fourth-order valence-electron chi connectivity index (χ4n) is 2.48. The van der Waals surface area contributed by atoms with Gasteiger partial charge in [-0.2, -0.15) is 0 Å². The molecular formula is C16H29N3O5. The van der Waals surface area contributed by atoms with E-state index in [4.69, 9.17) is 9.84 Å². The molecule has 1 rings (SSSR count). The number of hydrogen-bond donors (Lipinski definition) is 3. The van der Waals surface area contributed by atoms with Crippen LogP contribution in [-0.2, 0) is 14.3 Å². The van der Waals surface area contributed by atoms with Crippen LogP contribution in [0.2, 0.25) is 0 Å². The molecule has 0 spiro atoms. The van der Waals surface area contributed by atoms with Crippen LogP contribution < -0.4 is 10.6 Å². The number of amides is 3. The third kappa shape index (κ3) is 7.16.